The van der Waals surface area contributed by atoms with Crippen molar-refractivity contribution in [2.45, 2.75) is 37.6 Å². The molecule has 0 amide bonds. The van der Waals surface area contributed by atoms with Crippen LogP contribution in [0.4, 0.5) is 5.69 Å². The Morgan fingerprint density at radius 1 is 1.13 bits per heavy atom. The van der Waals surface area contributed by atoms with E-state index in [9.17, 15) is 4.79 Å². The molecule has 1 saturated heterocycles. The van der Waals surface area contributed by atoms with Crippen LogP contribution in [-0.4, -0.2) is 57.6 Å². The van der Waals surface area contributed by atoms with Crippen molar-refractivity contribution in [1.29, 1.82) is 0 Å². The van der Waals surface area contributed by atoms with E-state index in [1.165, 1.54) is 5.56 Å². The number of ether oxygens (including phenoxy) is 1. The highest BCUT2D eigenvalue weighted by Crippen LogP contribution is 2.38. The first-order valence-electron chi connectivity index (χ1n) is 13.2. The van der Waals surface area contributed by atoms with Crippen LogP contribution in [0.5, 0.6) is 5.75 Å². The molecule has 0 saturated carbocycles. The molecular weight excluding hydrogens is 476 g/mol. The number of fused-ring (bicyclic) bond motifs is 1. The summed E-state index contributed by atoms with van der Waals surface area (Å²) in [6.07, 6.45) is 5.64. The molecule has 2 N–H and O–H groups in total. The predicted molar refractivity (Wildman–Crippen MR) is 146 cm³/mol. The van der Waals surface area contributed by atoms with E-state index in [2.05, 4.69) is 45.4 Å². The molecular formula is C30H32N6O2. The summed E-state index contributed by atoms with van der Waals surface area (Å²) in [6.45, 7) is 4.47. The standard InChI is InChI=1S/C30H32N6O2/c1-20-6-7-27-25(16-20)23(19-38-27)18-26(37)22-4-3-5-24(17-22)33-30(10-14-36(2)15-11-30)29-32-28(34-35-29)21-8-12-31-13-9-21/h3-9,12-13,16-17,23,33H,10-11,14-15,18-19H2,1-2H3,(H,32,34,35)/t23-/m0/s1. The smallest absolute Gasteiger partial charge is 0.181 e. The predicted octanol–water partition coefficient (Wildman–Crippen LogP) is 4.96. The van der Waals surface area contributed by atoms with Gasteiger partial charge in [0.05, 0.1) is 12.1 Å². The number of rotatable bonds is 7. The molecule has 0 radical (unpaired) electrons. The second-order valence-corrected chi connectivity index (χ2v) is 10.5. The Kier molecular flexibility index (Phi) is 6.41. The number of carbonyl (C=O) groups excluding carboxylic acids is 1. The number of piperidine rings is 1. The Balaban J connectivity index is 1.24. The van der Waals surface area contributed by atoms with Crippen molar-refractivity contribution >= 4 is 11.5 Å². The first-order valence-corrected chi connectivity index (χ1v) is 13.2. The van der Waals surface area contributed by atoms with Crippen LogP contribution in [0.3, 0.4) is 0 Å². The fourth-order valence-corrected chi connectivity index (χ4v) is 5.48. The average Bonchev–Trinajstić information content (AvgIpc) is 3.59. The number of anilines is 1. The van der Waals surface area contributed by atoms with E-state index in [0.717, 1.165) is 54.3 Å². The number of carbonyl (C=O) groups is 1. The number of ketones is 1. The van der Waals surface area contributed by atoms with Gasteiger partial charge in [-0.3, -0.25) is 14.9 Å². The van der Waals surface area contributed by atoms with Crippen LogP contribution in [-0.2, 0) is 5.54 Å². The molecule has 1 fully saturated rings. The largest absolute Gasteiger partial charge is 0.493 e. The lowest BCUT2D eigenvalue weighted by Gasteiger charge is -2.40. The topological polar surface area (TPSA) is 96.0 Å². The third kappa shape index (κ3) is 4.79. The van der Waals surface area contributed by atoms with Crippen molar-refractivity contribution in [3.8, 4) is 17.1 Å². The van der Waals surface area contributed by atoms with Gasteiger partial charge in [0.2, 0.25) is 0 Å². The fourth-order valence-electron chi connectivity index (χ4n) is 5.48. The van der Waals surface area contributed by atoms with Crippen molar-refractivity contribution in [3.63, 3.8) is 0 Å². The second kappa shape index (κ2) is 10.0. The summed E-state index contributed by atoms with van der Waals surface area (Å²) >= 11 is 0. The lowest BCUT2D eigenvalue weighted by atomic mass is 9.86. The van der Waals surface area contributed by atoms with Crippen LogP contribution in [0.1, 0.15) is 52.5 Å². The number of pyridine rings is 1. The van der Waals surface area contributed by atoms with Crippen LogP contribution in [0, 0.1) is 6.92 Å². The maximum atomic E-state index is 13.4. The molecule has 0 unspecified atom stereocenters. The summed E-state index contributed by atoms with van der Waals surface area (Å²) in [4.78, 5) is 24.7. The van der Waals surface area contributed by atoms with E-state index in [-0.39, 0.29) is 11.7 Å². The van der Waals surface area contributed by atoms with Crippen LogP contribution < -0.4 is 10.1 Å². The molecule has 1 atom stereocenters. The number of likely N-dealkylation sites (tertiary alicyclic amines) is 1. The van der Waals surface area contributed by atoms with E-state index in [1.54, 1.807) is 12.4 Å². The Bertz CT molecular complexity index is 1440. The average molecular weight is 509 g/mol. The molecule has 0 bridgehead atoms. The molecule has 0 spiro atoms. The number of H-pyrrole nitrogens is 1. The van der Waals surface area contributed by atoms with Gasteiger partial charge >= 0.3 is 0 Å². The number of nitrogens with zero attached hydrogens (tertiary/aromatic N) is 4. The van der Waals surface area contributed by atoms with Gasteiger partial charge in [0.15, 0.2) is 17.4 Å². The van der Waals surface area contributed by atoms with Crippen LogP contribution in [0.15, 0.2) is 67.0 Å². The summed E-state index contributed by atoms with van der Waals surface area (Å²) in [5.74, 6) is 2.56. The molecule has 0 aliphatic carbocycles. The van der Waals surface area contributed by atoms with Gasteiger partial charge in [0.1, 0.15) is 5.75 Å². The van der Waals surface area contributed by atoms with Gasteiger partial charge in [-0.2, -0.15) is 5.10 Å². The van der Waals surface area contributed by atoms with E-state index < -0.39 is 5.54 Å². The number of hydrogen-bond acceptors (Lipinski definition) is 7. The quantitative estimate of drug-likeness (QED) is 0.341. The fraction of sp³-hybridized carbons (Fsp3) is 0.333. The number of nitrogens with one attached hydrogen (secondary N) is 2. The minimum absolute atomic E-state index is 0.0787. The highest BCUT2D eigenvalue weighted by Gasteiger charge is 2.39. The monoisotopic (exact) mass is 508 g/mol. The maximum absolute atomic E-state index is 13.4. The van der Waals surface area contributed by atoms with Crippen molar-refractivity contribution in [2.75, 3.05) is 32.1 Å². The number of benzene rings is 2. The SMILES string of the molecule is Cc1ccc2c(c1)[C@@H](CC(=O)c1cccc(NC3(c4nc(-c5ccncc5)n[nH]4)CCN(C)CC3)c1)CO2. The van der Waals surface area contributed by atoms with Crippen LogP contribution in [0.2, 0.25) is 0 Å². The molecule has 4 aromatic rings. The summed E-state index contributed by atoms with van der Waals surface area (Å²) in [5.41, 5.74) is 4.43. The van der Waals surface area contributed by atoms with E-state index >= 15 is 0 Å². The van der Waals surface area contributed by atoms with Crippen LogP contribution in [0.25, 0.3) is 11.4 Å². The highest BCUT2D eigenvalue weighted by atomic mass is 16.5. The van der Waals surface area contributed by atoms with E-state index in [1.807, 2.05) is 48.5 Å². The Hall–Kier alpha value is -4.04. The lowest BCUT2D eigenvalue weighted by Crippen LogP contribution is -2.46. The van der Waals surface area contributed by atoms with Gasteiger partial charge in [0.25, 0.3) is 0 Å². The third-order valence-electron chi connectivity index (χ3n) is 7.76. The zero-order valence-corrected chi connectivity index (χ0v) is 21.8. The molecule has 4 heterocycles. The first-order chi connectivity index (χ1) is 18.5. The Labute approximate surface area is 222 Å². The number of aromatic amines is 1. The molecule has 2 aliphatic heterocycles. The molecule has 38 heavy (non-hydrogen) atoms. The summed E-state index contributed by atoms with van der Waals surface area (Å²) < 4.78 is 5.84. The maximum Gasteiger partial charge on any atom is 0.181 e. The van der Waals surface area contributed by atoms with Crippen molar-refractivity contribution in [2.24, 2.45) is 0 Å². The normalized spacial score (nSPS) is 18.5. The second-order valence-electron chi connectivity index (χ2n) is 10.5. The third-order valence-corrected chi connectivity index (χ3v) is 7.76. The minimum Gasteiger partial charge on any atom is -0.493 e. The Morgan fingerprint density at radius 3 is 2.76 bits per heavy atom. The van der Waals surface area contributed by atoms with Crippen molar-refractivity contribution < 1.29 is 9.53 Å². The lowest BCUT2D eigenvalue weighted by molar-refractivity contribution is 0.0969. The van der Waals surface area contributed by atoms with Gasteiger partial charge in [0, 0.05) is 60.2 Å². The zero-order valence-electron chi connectivity index (χ0n) is 21.8. The summed E-state index contributed by atoms with van der Waals surface area (Å²) in [6, 6.07) is 17.8. The number of aromatic nitrogens is 4. The Morgan fingerprint density at radius 2 is 1.95 bits per heavy atom. The molecule has 8 heteroatoms. The van der Waals surface area contributed by atoms with Crippen molar-refractivity contribution in [1.82, 2.24) is 25.1 Å². The van der Waals surface area contributed by atoms with Gasteiger partial charge in [-0.05, 0) is 57.1 Å². The molecule has 2 aromatic carbocycles. The van der Waals surface area contributed by atoms with Gasteiger partial charge in [-0.15, -0.1) is 0 Å². The van der Waals surface area contributed by atoms with Gasteiger partial charge in [-0.1, -0.05) is 29.8 Å². The van der Waals surface area contributed by atoms with Gasteiger partial charge < -0.3 is 15.0 Å². The number of hydrogen-bond donors (Lipinski definition) is 2. The molecule has 2 aliphatic rings. The molecule has 6 rings (SSSR count). The highest BCUT2D eigenvalue weighted by molar-refractivity contribution is 5.97. The molecule has 2 aromatic heterocycles. The molecule has 8 nitrogen and oxygen atoms in total. The first kappa shape index (κ1) is 24.3. The van der Waals surface area contributed by atoms with E-state index in [0.29, 0.717) is 24.4 Å². The van der Waals surface area contributed by atoms with Gasteiger partial charge in [-0.25, -0.2) is 4.98 Å². The number of aryl methyl sites for hydroxylation is 1. The zero-order chi connectivity index (χ0) is 26.1. The number of Topliss-reactive ketones (excluding diaryl/α,β-unsaturated/α-hetero) is 1. The summed E-state index contributed by atoms with van der Waals surface area (Å²) in [5, 5.41) is 11.5. The molecule has 194 valence electrons. The summed E-state index contributed by atoms with van der Waals surface area (Å²) in [7, 11) is 2.14. The van der Waals surface area contributed by atoms with Crippen molar-refractivity contribution in [3.05, 3.63) is 89.5 Å². The van der Waals surface area contributed by atoms with Crippen LogP contribution >= 0.6 is 0 Å². The minimum atomic E-state index is -0.414. The van der Waals surface area contributed by atoms with E-state index in [4.69, 9.17) is 9.72 Å².